The quantitative estimate of drug-likeness (QED) is 0.749. The van der Waals surface area contributed by atoms with Crippen LogP contribution in [0.3, 0.4) is 0 Å². The van der Waals surface area contributed by atoms with E-state index in [2.05, 4.69) is 4.98 Å². The van der Waals surface area contributed by atoms with Crippen molar-refractivity contribution in [1.29, 1.82) is 0 Å². The molecule has 1 aromatic rings. The number of aromatic nitrogens is 1. The number of carboxylic acids is 1. The van der Waals surface area contributed by atoms with Gasteiger partial charge in [0.25, 0.3) is 0 Å². The lowest BCUT2D eigenvalue weighted by molar-refractivity contribution is -0.136. The van der Waals surface area contributed by atoms with E-state index in [0.717, 1.165) is 10.5 Å². The lowest BCUT2D eigenvalue weighted by Crippen LogP contribution is -1.96. The Morgan fingerprint density at radius 1 is 1.69 bits per heavy atom. The Hall–Kier alpha value is -1.03. The first-order chi connectivity index (χ1) is 6.20. The van der Waals surface area contributed by atoms with Crippen LogP contribution in [0.2, 0.25) is 0 Å². The molecule has 4 heteroatoms. The molecule has 0 atom stereocenters. The largest absolute Gasteiger partial charge is 0.481 e. The predicted octanol–water partition coefficient (Wildman–Crippen LogP) is 1.96. The zero-order valence-electron chi connectivity index (χ0n) is 7.36. The maximum Gasteiger partial charge on any atom is 0.304 e. The van der Waals surface area contributed by atoms with E-state index < -0.39 is 5.97 Å². The summed E-state index contributed by atoms with van der Waals surface area (Å²) in [5.41, 5.74) is 1.10. The normalized spacial score (nSPS) is 9.92. The topological polar surface area (TPSA) is 50.2 Å². The number of carbonyl (C=O) groups is 1. The monoisotopic (exact) mass is 197 g/mol. The van der Waals surface area contributed by atoms with Crippen molar-refractivity contribution in [2.45, 2.75) is 18.2 Å². The first kappa shape index (κ1) is 10.1. The first-order valence-electron chi connectivity index (χ1n) is 3.95. The SMILES string of the molecule is Cc1cnccc1SCCC(=O)O. The second-order valence-electron chi connectivity index (χ2n) is 2.63. The van der Waals surface area contributed by atoms with E-state index in [-0.39, 0.29) is 6.42 Å². The molecule has 0 amide bonds. The van der Waals surface area contributed by atoms with Crippen molar-refractivity contribution in [1.82, 2.24) is 4.98 Å². The highest BCUT2D eigenvalue weighted by Crippen LogP contribution is 2.21. The summed E-state index contributed by atoms with van der Waals surface area (Å²) in [6.07, 6.45) is 3.70. The van der Waals surface area contributed by atoms with Crippen molar-refractivity contribution in [3.8, 4) is 0 Å². The molecule has 1 heterocycles. The van der Waals surface area contributed by atoms with Crippen LogP contribution in [0.25, 0.3) is 0 Å². The van der Waals surface area contributed by atoms with Crippen LogP contribution in [0.5, 0.6) is 0 Å². The maximum absolute atomic E-state index is 10.2. The summed E-state index contributed by atoms with van der Waals surface area (Å²) >= 11 is 1.55. The molecule has 3 nitrogen and oxygen atoms in total. The molecule has 0 aliphatic carbocycles. The van der Waals surface area contributed by atoms with Crippen LogP contribution in [0.15, 0.2) is 23.4 Å². The number of thioether (sulfide) groups is 1. The molecule has 0 aliphatic heterocycles. The molecule has 0 fully saturated rings. The van der Waals surface area contributed by atoms with Crippen LogP contribution >= 0.6 is 11.8 Å². The fourth-order valence-electron chi connectivity index (χ4n) is 0.871. The fraction of sp³-hybridized carbons (Fsp3) is 0.333. The maximum atomic E-state index is 10.2. The Kier molecular flexibility index (Phi) is 3.76. The van der Waals surface area contributed by atoms with E-state index in [0.29, 0.717) is 5.75 Å². The summed E-state index contributed by atoms with van der Waals surface area (Å²) in [5.74, 6) is -0.139. The van der Waals surface area contributed by atoms with E-state index in [9.17, 15) is 4.79 Å². The first-order valence-corrected chi connectivity index (χ1v) is 4.94. The van der Waals surface area contributed by atoms with Gasteiger partial charge in [-0.25, -0.2) is 0 Å². The number of carboxylic acid groups (broad SMARTS) is 1. The van der Waals surface area contributed by atoms with E-state index >= 15 is 0 Å². The molecule has 13 heavy (non-hydrogen) atoms. The lowest BCUT2D eigenvalue weighted by atomic mass is 10.3. The third-order valence-corrected chi connectivity index (χ3v) is 2.72. The van der Waals surface area contributed by atoms with Gasteiger partial charge in [-0.1, -0.05) is 0 Å². The van der Waals surface area contributed by atoms with E-state index in [4.69, 9.17) is 5.11 Å². The van der Waals surface area contributed by atoms with Gasteiger partial charge in [0.05, 0.1) is 6.42 Å². The van der Waals surface area contributed by atoms with Crippen LogP contribution in [-0.4, -0.2) is 21.8 Å². The van der Waals surface area contributed by atoms with Crippen molar-refractivity contribution in [2.24, 2.45) is 0 Å². The summed E-state index contributed by atoms with van der Waals surface area (Å²) in [7, 11) is 0. The van der Waals surface area contributed by atoms with E-state index in [1.54, 1.807) is 24.2 Å². The third-order valence-electron chi connectivity index (χ3n) is 1.54. The Balaban J connectivity index is 2.45. The predicted molar refractivity (Wildman–Crippen MR) is 52.0 cm³/mol. The van der Waals surface area contributed by atoms with Crippen LogP contribution in [0.4, 0.5) is 0 Å². The van der Waals surface area contributed by atoms with Gasteiger partial charge in [0.15, 0.2) is 0 Å². The summed E-state index contributed by atoms with van der Waals surface area (Å²) < 4.78 is 0. The van der Waals surface area contributed by atoms with Crippen molar-refractivity contribution < 1.29 is 9.90 Å². The van der Waals surface area contributed by atoms with Crippen molar-refractivity contribution in [3.63, 3.8) is 0 Å². The minimum atomic E-state index is -0.751. The van der Waals surface area contributed by atoms with Crippen LogP contribution < -0.4 is 0 Å². The smallest absolute Gasteiger partial charge is 0.304 e. The average molecular weight is 197 g/mol. The van der Waals surface area contributed by atoms with Gasteiger partial charge in [0.2, 0.25) is 0 Å². The third kappa shape index (κ3) is 3.46. The Morgan fingerprint density at radius 3 is 3.08 bits per heavy atom. The summed E-state index contributed by atoms with van der Waals surface area (Å²) in [6, 6.07) is 1.90. The average Bonchev–Trinajstić information content (AvgIpc) is 2.08. The standard InChI is InChI=1S/C9H11NO2S/c1-7-6-10-4-2-8(7)13-5-3-9(11)12/h2,4,6H,3,5H2,1H3,(H,11,12). The highest BCUT2D eigenvalue weighted by Gasteiger charge is 2.00. The van der Waals surface area contributed by atoms with Crippen LogP contribution in [0, 0.1) is 6.92 Å². The molecule has 0 unspecified atom stereocenters. The van der Waals surface area contributed by atoms with Crippen LogP contribution in [-0.2, 0) is 4.79 Å². The molecule has 70 valence electrons. The molecule has 0 radical (unpaired) electrons. The molecule has 0 saturated carbocycles. The molecule has 0 aliphatic rings. The minimum absolute atomic E-state index is 0.201. The number of aliphatic carboxylic acids is 1. The van der Waals surface area contributed by atoms with Gasteiger partial charge in [0, 0.05) is 23.0 Å². The molecule has 1 rings (SSSR count). The second-order valence-corrected chi connectivity index (χ2v) is 3.77. The molecule has 1 N–H and O–H groups in total. The van der Waals surface area contributed by atoms with Gasteiger partial charge in [-0.15, -0.1) is 11.8 Å². The van der Waals surface area contributed by atoms with E-state index in [1.165, 1.54) is 0 Å². The lowest BCUT2D eigenvalue weighted by Gasteiger charge is -2.02. The summed E-state index contributed by atoms with van der Waals surface area (Å²) in [6.45, 7) is 1.97. The number of hydrogen-bond acceptors (Lipinski definition) is 3. The Morgan fingerprint density at radius 2 is 2.46 bits per heavy atom. The summed E-state index contributed by atoms with van der Waals surface area (Å²) in [5, 5.41) is 8.44. The van der Waals surface area contributed by atoms with Gasteiger partial charge in [-0.05, 0) is 18.6 Å². The van der Waals surface area contributed by atoms with Crippen LogP contribution in [0.1, 0.15) is 12.0 Å². The van der Waals surface area contributed by atoms with Crippen molar-refractivity contribution in [3.05, 3.63) is 24.0 Å². The highest BCUT2D eigenvalue weighted by molar-refractivity contribution is 7.99. The zero-order chi connectivity index (χ0) is 9.68. The second kappa shape index (κ2) is 4.87. The van der Waals surface area contributed by atoms with Crippen molar-refractivity contribution in [2.75, 3.05) is 5.75 Å². The fourth-order valence-corrected chi connectivity index (χ4v) is 1.80. The molecular formula is C9H11NO2S. The minimum Gasteiger partial charge on any atom is -0.481 e. The summed E-state index contributed by atoms with van der Waals surface area (Å²) in [4.78, 5) is 15.3. The van der Waals surface area contributed by atoms with E-state index in [1.807, 2.05) is 13.0 Å². The molecule has 0 saturated heterocycles. The Bertz CT molecular complexity index is 301. The number of pyridine rings is 1. The Labute approximate surface area is 81.2 Å². The molecule has 0 spiro atoms. The van der Waals surface area contributed by atoms with Gasteiger partial charge in [0.1, 0.15) is 0 Å². The number of hydrogen-bond donors (Lipinski definition) is 1. The highest BCUT2D eigenvalue weighted by atomic mass is 32.2. The molecule has 0 aromatic carbocycles. The van der Waals surface area contributed by atoms with Gasteiger partial charge in [-0.2, -0.15) is 0 Å². The molecule has 0 bridgehead atoms. The van der Waals surface area contributed by atoms with Gasteiger partial charge >= 0.3 is 5.97 Å². The zero-order valence-corrected chi connectivity index (χ0v) is 8.17. The number of aryl methyl sites for hydroxylation is 1. The number of rotatable bonds is 4. The van der Waals surface area contributed by atoms with Gasteiger partial charge in [-0.3, -0.25) is 9.78 Å². The molecular weight excluding hydrogens is 186 g/mol. The number of nitrogens with zero attached hydrogens (tertiary/aromatic N) is 1. The van der Waals surface area contributed by atoms with Crippen molar-refractivity contribution >= 4 is 17.7 Å². The molecule has 1 aromatic heterocycles. The van der Waals surface area contributed by atoms with Gasteiger partial charge < -0.3 is 5.11 Å².